The minimum Gasteiger partial charge on any atom is -0.459 e. The summed E-state index contributed by atoms with van der Waals surface area (Å²) in [6.07, 6.45) is 2.71. The van der Waals surface area contributed by atoms with Crippen molar-refractivity contribution in [3.63, 3.8) is 0 Å². The fourth-order valence-electron chi connectivity index (χ4n) is 1.24. The first-order chi connectivity index (χ1) is 7.65. The number of aromatic amines is 1. The molecule has 6 nitrogen and oxygen atoms in total. The Labute approximate surface area is 90.3 Å². The highest BCUT2D eigenvalue weighted by Gasteiger charge is 2.01. The maximum absolute atomic E-state index is 11.0. The van der Waals surface area contributed by atoms with Gasteiger partial charge in [-0.15, -0.1) is 0 Å². The van der Waals surface area contributed by atoms with Gasteiger partial charge in [0.05, 0.1) is 23.6 Å². The zero-order valence-corrected chi connectivity index (χ0v) is 8.56. The molecule has 0 saturated carbocycles. The molecule has 1 N–H and O–H groups in total. The molecule has 0 aromatic carbocycles. The van der Waals surface area contributed by atoms with Gasteiger partial charge in [0.2, 0.25) is 0 Å². The van der Waals surface area contributed by atoms with Gasteiger partial charge in [-0.1, -0.05) is 0 Å². The number of carbonyl (C=O) groups excluding carboxylic acids is 1. The second kappa shape index (κ2) is 4.09. The summed E-state index contributed by atoms with van der Waals surface area (Å²) in [6.45, 7) is 1.41. The van der Waals surface area contributed by atoms with E-state index in [-0.39, 0.29) is 18.1 Å². The highest BCUT2D eigenvalue weighted by Crippen LogP contribution is 2.07. The predicted octanol–water partition coefficient (Wildman–Crippen LogP) is 0.381. The highest BCUT2D eigenvalue weighted by molar-refractivity contribution is 5.72. The number of H-pyrrole nitrogens is 1. The van der Waals surface area contributed by atoms with Crippen molar-refractivity contribution < 1.29 is 9.53 Å². The summed E-state index contributed by atoms with van der Waals surface area (Å²) in [4.78, 5) is 32.2. The van der Waals surface area contributed by atoms with Crippen LogP contribution in [-0.2, 0) is 16.1 Å². The van der Waals surface area contributed by atoms with Crippen LogP contribution in [0.2, 0.25) is 0 Å². The zero-order valence-electron chi connectivity index (χ0n) is 8.56. The summed E-state index contributed by atoms with van der Waals surface area (Å²) in [5.41, 5.74) is 1.44. The van der Waals surface area contributed by atoms with Gasteiger partial charge < -0.3 is 9.72 Å². The van der Waals surface area contributed by atoms with E-state index < -0.39 is 0 Å². The van der Waals surface area contributed by atoms with E-state index in [0.717, 1.165) is 0 Å². The van der Waals surface area contributed by atoms with Gasteiger partial charge >= 0.3 is 5.97 Å². The van der Waals surface area contributed by atoms with Crippen LogP contribution in [0.1, 0.15) is 12.6 Å². The molecule has 0 spiro atoms. The SMILES string of the molecule is CC(=O)OCc1cc2[nH]c(=O)cnc2cn1. The lowest BCUT2D eigenvalue weighted by molar-refractivity contribution is -0.142. The Morgan fingerprint density at radius 3 is 3.00 bits per heavy atom. The van der Waals surface area contributed by atoms with Crippen LogP contribution in [-0.4, -0.2) is 20.9 Å². The molecule has 2 rings (SSSR count). The number of nitrogens with zero attached hydrogens (tertiary/aromatic N) is 2. The Hall–Kier alpha value is -2.24. The predicted molar refractivity (Wildman–Crippen MR) is 55.6 cm³/mol. The van der Waals surface area contributed by atoms with Crippen LogP contribution >= 0.6 is 0 Å². The molecule has 0 aliphatic carbocycles. The number of nitrogens with one attached hydrogen (secondary N) is 1. The van der Waals surface area contributed by atoms with E-state index in [0.29, 0.717) is 16.7 Å². The molecule has 0 saturated heterocycles. The van der Waals surface area contributed by atoms with Crippen LogP contribution in [0.25, 0.3) is 11.0 Å². The van der Waals surface area contributed by atoms with Crippen molar-refractivity contribution in [1.82, 2.24) is 15.0 Å². The number of hydrogen-bond acceptors (Lipinski definition) is 5. The molecule has 0 atom stereocenters. The fraction of sp³-hybridized carbons (Fsp3) is 0.200. The van der Waals surface area contributed by atoms with Crippen LogP contribution in [0, 0.1) is 0 Å². The third-order valence-electron chi connectivity index (χ3n) is 1.94. The van der Waals surface area contributed by atoms with Crippen molar-refractivity contribution in [2.24, 2.45) is 0 Å². The lowest BCUT2D eigenvalue weighted by atomic mass is 10.3. The molecule has 16 heavy (non-hydrogen) atoms. The van der Waals surface area contributed by atoms with Crippen molar-refractivity contribution in [2.75, 3.05) is 0 Å². The van der Waals surface area contributed by atoms with Crippen LogP contribution in [0.15, 0.2) is 23.3 Å². The standard InChI is InChI=1S/C10H9N3O3/c1-6(14)16-5-7-2-8-9(3-11-7)12-4-10(15)13-8/h2-4H,5H2,1H3,(H,13,15). The molecule has 0 aliphatic rings. The topological polar surface area (TPSA) is 84.9 Å². The maximum atomic E-state index is 11.0. The number of fused-ring (bicyclic) bond motifs is 1. The number of aromatic nitrogens is 3. The Kier molecular flexibility index (Phi) is 2.63. The molecule has 0 unspecified atom stereocenters. The smallest absolute Gasteiger partial charge is 0.303 e. The molecule has 82 valence electrons. The molecule has 0 radical (unpaired) electrons. The Balaban J connectivity index is 2.35. The number of pyridine rings is 1. The molecule has 6 heteroatoms. The Morgan fingerprint density at radius 2 is 2.25 bits per heavy atom. The molecular weight excluding hydrogens is 210 g/mol. The van der Waals surface area contributed by atoms with E-state index in [9.17, 15) is 9.59 Å². The number of rotatable bonds is 2. The Bertz CT molecular complexity index is 591. The molecule has 0 bridgehead atoms. The molecule has 0 amide bonds. The van der Waals surface area contributed by atoms with E-state index in [1.54, 1.807) is 6.07 Å². The summed E-state index contributed by atoms with van der Waals surface area (Å²) in [6, 6.07) is 1.63. The van der Waals surface area contributed by atoms with Gasteiger partial charge in [-0.05, 0) is 6.07 Å². The second-order valence-corrected chi connectivity index (χ2v) is 3.22. The zero-order chi connectivity index (χ0) is 11.5. The second-order valence-electron chi connectivity index (χ2n) is 3.22. The van der Waals surface area contributed by atoms with Crippen LogP contribution in [0.3, 0.4) is 0 Å². The van der Waals surface area contributed by atoms with Gasteiger partial charge in [-0.3, -0.25) is 14.6 Å². The van der Waals surface area contributed by atoms with Crippen LogP contribution in [0.5, 0.6) is 0 Å². The molecule has 2 aromatic heterocycles. The van der Waals surface area contributed by atoms with Crippen LogP contribution < -0.4 is 5.56 Å². The van der Waals surface area contributed by atoms with Gasteiger partial charge in [0, 0.05) is 6.92 Å². The van der Waals surface area contributed by atoms with Crippen molar-refractivity contribution in [3.8, 4) is 0 Å². The highest BCUT2D eigenvalue weighted by atomic mass is 16.5. The average Bonchev–Trinajstić information content (AvgIpc) is 2.25. The molecule has 2 aromatic rings. The number of carbonyl (C=O) groups is 1. The Morgan fingerprint density at radius 1 is 1.44 bits per heavy atom. The largest absolute Gasteiger partial charge is 0.459 e. The van der Waals surface area contributed by atoms with Gasteiger partial charge in [-0.2, -0.15) is 0 Å². The van der Waals surface area contributed by atoms with E-state index in [1.807, 2.05) is 0 Å². The van der Waals surface area contributed by atoms with E-state index >= 15 is 0 Å². The molecule has 0 fully saturated rings. The first-order valence-corrected chi connectivity index (χ1v) is 4.62. The van der Waals surface area contributed by atoms with E-state index in [2.05, 4.69) is 15.0 Å². The van der Waals surface area contributed by atoms with Gasteiger partial charge in [0.25, 0.3) is 5.56 Å². The van der Waals surface area contributed by atoms with Crippen LogP contribution in [0.4, 0.5) is 0 Å². The summed E-state index contributed by atoms with van der Waals surface area (Å²) in [5.74, 6) is -0.374. The number of hydrogen-bond donors (Lipinski definition) is 1. The quantitative estimate of drug-likeness (QED) is 0.738. The van der Waals surface area contributed by atoms with Crippen molar-refractivity contribution in [3.05, 3.63) is 34.5 Å². The lowest BCUT2D eigenvalue weighted by Crippen LogP contribution is -2.06. The first kappa shape index (κ1) is 10.3. The number of esters is 1. The maximum Gasteiger partial charge on any atom is 0.303 e. The van der Waals surface area contributed by atoms with Gasteiger partial charge in [0.1, 0.15) is 12.1 Å². The van der Waals surface area contributed by atoms with Gasteiger partial charge in [0.15, 0.2) is 0 Å². The fourth-order valence-corrected chi connectivity index (χ4v) is 1.24. The normalized spacial score (nSPS) is 10.3. The minimum absolute atomic E-state index is 0.0855. The van der Waals surface area contributed by atoms with E-state index in [4.69, 9.17) is 4.74 Å². The minimum atomic E-state index is -0.374. The average molecular weight is 219 g/mol. The summed E-state index contributed by atoms with van der Waals surface area (Å²) < 4.78 is 4.79. The van der Waals surface area contributed by atoms with Crippen molar-refractivity contribution in [1.29, 1.82) is 0 Å². The summed E-state index contributed by atoms with van der Waals surface area (Å²) in [5, 5.41) is 0. The van der Waals surface area contributed by atoms with Crippen molar-refractivity contribution >= 4 is 17.0 Å². The monoisotopic (exact) mass is 219 g/mol. The van der Waals surface area contributed by atoms with Crippen molar-refractivity contribution in [2.45, 2.75) is 13.5 Å². The third-order valence-corrected chi connectivity index (χ3v) is 1.94. The summed E-state index contributed by atoms with van der Waals surface area (Å²) in [7, 11) is 0. The van der Waals surface area contributed by atoms with Gasteiger partial charge in [-0.25, -0.2) is 4.98 Å². The third kappa shape index (κ3) is 2.22. The summed E-state index contributed by atoms with van der Waals surface area (Å²) >= 11 is 0. The first-order valence-electron chi connectivity index (χ1n) is 4.62. The van der Waals surface area contributed by atoms with E-state index in [1.165, 1.54) is 19.3 Å². The molecule has 2 heterocycles. The molecule has 0 aliphatic heterocycles. The number of ether oxygens (including phenoxy) is 1. The lowest BCUT2D eigenvalue weighted by Gasteiger charge is -2.02. The molecular formula is C10H9N3O3.